The zero-order chi connectivity index (χ0) is 23.0. The van der Waals surface area contributed by atoms with Gasteiger partial charge in [-0.05, 0) is 69.4 Å². The highest BCUT2D eigenvalue weighted by atomic mass is 35.5. The summed E-state index contributed by atoms with van der Waals surface area (Å²) in [7, 11) is -3.99. The Morgan fingerprint density at radius 1 is 1.19 bits per heavy atom. The van der Waals surface area contributed by atoms with E-state index in [-0.39, 0.29) is 34.9 Å². The minimum atomic E-state index is -4.62. The van der Waals surface area contributed by atoms with Crippen molar-refractivity contribution in [1.29, 1.82) is 0 Å². The number of hydrogen-bond acceptors (Lipinski definition) is 4. The first-order valence-electron chi connectivity index (χ1n) is 9.64. The number of rotatable bonds is 6. The van der Waals surface area contributed by atoms with Crippen LogP contribution in [-0.4, -0.2) is 30.1 Å². The zero-order valence-electron chi connectivity index (χ0n) is 16.9. The van der Waals surface area contributed by atoms with E-state index in [0.717, 1.165) is 12.1 Å². The van der Waals surface area contributed by atoms with Crippen LogP contribution < -0.4 is 5.32 Å². The Morgan fingerprint density at radius 3 is 2.45 bits per heavy atom. The molecule has 1 N–H and O–H groups in total. The molecule has 0 bridgehead atoms. The number of benzene rings is 1. The zero-order valence-corrected chi connectivity index (χ0v) is 18.5. The molecular formula is C21H22ClF3N2O3S. The third-order valence-corrected chi connectivity index (χ3v) is 8.23. The molecule has 0 radical (unpaired) electrons. The molecule has 3 rings (SSSR count). The van der Waals surface area contributed by atoms with Crippen LogP contribution in [0.4, 0.5) is 13.2 Å². The van der Waals surface area contributed by atoms with Crippen molar-refractivity contribution in [2.75, 3.05) is 0 Å². The summed E-state index contributed by atoms with van der Waals surface area (Å²) in [4.78, 5) is 15.8. The van der Waals surface area contributed by atoms with Gasteiger partial charge in [0.2, 0.25) is 0 Å². The topological polar surface area (TPSA) is 76.1 Å². The predicted molar refractivity (Wildman–Crippen MR) is 111 cm³/mol. The molecule has 10 heteroatoms. The fourth-order valence-corrected chi connectivity index (χ4v) is 5.50. The first-order valence-corrected chi connectivity index (χ1v) is 11.5. The summed E-state index contributed by atoms with van der Waals surface area (Å²) in [5.74, 6) is -0.310. The number of pyridine rings is 1. The number of sulfone groups is 1. The molecule has 1 fully saturated rings. The van der Waals surface area contributed by atoms with E-state index in [1.165, 1.54) is 32.2 Å². The lowest BCUT2D eigenvalue weighted by Gasteiger charge is -2.40. The molecule has 1 aliphatic rings. The lowest BCUT2D eigenvalue weighted by Crippen LogP contribution is -2.47. The number of amides is 1. The van der Waals surface area contributed by atoms with Gasteiger partial charge >= 0.3 is 6.18 Å². The molecule has 0 spiro atoms. The van der Waals surface area contributed by atoms with E-state index in [2.05, 4.69) is 10.3 Å². The van der Waals surface area contributed by atoms with Gasteiger partial charge in [0.25, 0.3) is 5.91 Å². The maximum absolute atomic E-state index is 13.0. The first-order chi connectivity index (χ1) is 14.3. The van der Waals surface area contributed by atoms with Crippen LogP contribution >= 0.6 is 11.6 Å². The second-order valence-corrected chi connectivity index (χ2v) is 11.4. The van der Waals surface area contributed by atoms with Crippen molar-refractivity contribution in [3.63, 3.8) is 0 Å². The Kier molecular flexibility index (Phi) is 6.40. The summed E-state index contributed by atoms with van der Waals surface area (Å²) in [5, 5.41) is 3.26. The Morgan fingerprint density at radius 2 is 1.87 bits per heavy atom. The van der Waals surface area contributed by atoms with Crippen molar-refractivity contribution >= 4 is 27.3 Å². The molecule has 1 aliphatic carbocycles. The number of halogens is 4. The first kappa shape index (κ1) is 23.5. The van der Waals surface area contributed by atoms with Gasteiger partial charge in [0, 0.05) is 12.2 Å². The Balaban J connectivity index is 1.61. The van der Waals surface area contributed by atoms with Gasteiger partial charge in [-0.2, -0.15) is 13.2 Å². The number of alkyl halides is 3. The summed E-state index contributed by atoms with van der Waals surface area (Å²) < 4.78 is 63.7. The highest BCUT2D eigenvalue weighted by Crippen LogP contribution is 2.40. The van der Waals surface area contributed by atoms with E-state index in [4.69, 9.17) is 11.6 Å². The van der Waals surface area contributed by atoms with E-state index in [1.54, 1.807) is 6.07 Å². The smallest absolute Gasteiger partial charge is 0.348 e. The lowest BCUT2D eigenvalue weighted by atomic mass is 9.75. The Labute approximate surface area is 183 Å². The Bertz CT molecular complexity index is 1060. The van der Waals surface area contributed by atoms with Crippen LogP contribution in [0.2, 0.25) is 5.02 Å². The van der Waals surface area contributed by atoms with Gasteiger partial charge in [0.05, 0.1) is 20.2 Å². The largest absolute Gasteiger partial charge is 0.416 e. The molecule has 1 amide bonds. The molecule has 0 unspecified atom stereocenters. The number of aromatic nitrogens is 1. The van der Waals surface area contributed by atoms with E-state index in [0.29, 0.717) is 23.9 Å². The number of carbonyl (C=O) groups excluding carboxylic acids is 1. The minimum absolute atomic E-state index is 0.0269. The van der Waals surface area contributed by atoms with Crippen LogP contribution in [0.5, 0.6) is 0 Å². The lowest BCUT2D eigenvalue weighted by molar-refractivity contribution is -0.137. The minimum Gasteiger partial charge on any atom is -0.348 e. The molecule has 0 aliphatic heterocycles. The molecule has 1 heterocycles. The summed E-state index contributed by atoms with van der Waals surface area (Å²) in [6.45, 7) is 3.04. The molecule has 1 aromatic heterocycles. The van der Waals surface area contributed by atoms with E-state index < -0.39 is 26.3 Å². The second-order valence-electron chi connectivity index (χ2n) is 8.36. The maximum atomic E-state index is 13.0. The Hall–Kier alpha value is -2.13. The summed E-state index contributed by atoms with van der Waals surface area (Å²) in [6, 6.07) is 6.79. The number of nitrogens with zero attached hydrogens (tertiary/aromatic N) is 1. The maximum Gasteiger partial charge on any atom is 0.416 e. The normalized spacial score (nSPS) is 19.5. The number of nitrogens with one attached hydrogen (secondary N) is 1. The molecular weight excluding hydrogens is 453 g/mol. The highest BCUT2D eigenvalue weighted by Gasteiger charge is 2.42. The van der Waals surface area contributed by atoms with Crippen LogP contribution in [0.25, 0.3) is 0 Å². The molecule has 168 valence electrons. The fraction of sp³-hybridized carbons (Fsp3) is 0.429. The molecule has 0 atom stereocenters. The van der Waals surface area contributed by atoms with Gasteiger partial charge in [-0.1, -0.05) is 17.7 Å². The van der Waals surface area contributed by atoms with Crippen LogP contribution in [0.1, 0.15) is 49.2 Å². The van der Waals surface area contributed by atoms with Crippen molar-refractivity contribution in [3.05, 3.63) is 58.9 Å². The van der Waals surface area contributed by atoms with E-state index >= 15 is 0 Å². The van der Waals surface area contributed by atoms with E-state index in [1.807, 2.05) is 0 Å². The van der Waals surface area contributed by atoms with Crippen molar-refractivity contribution < 1.29 is 26.4 Å². The average molecular weight is 475 g/mol. The van der Waals surface area contributed by atoms with Gasteiger partial charge in [-0.25, -0.2) is 13.4 Å². The number of carbonyl (C=O) groups is 1. The SMILES string of the molecule is CC(C)(C[C@H]1C[C@H](NC(=O)c2ccc(Cl)cn2)C1)S(=O)(=O)c1cccc(C(F)(F)F)c1. The third kappa shape index (κ3) is 5.20. The standard InChI is InChI=1S/C21H22ClF3N2O3S/c1-20(2,31(29,30)17-5-3-4-14(10-17)21(23,24)25)11-13-8-16(9-13)27-19(28)18-7-6-15(22)12-26-18/h3-7,10,12-13,16H,8-9,11H2,1-2H3,(H,27,28)/t13-,16-. The molecule has 1 aromatic carbocycles. The van der Waals surface area contributed by atoms with E-state index in [9.17, 15) is 26.4 Å². The third-order valence-electron chi connectivity index (χ3n) is 5.51. The molecule has 31 heavy (non-hydrogen) atoms. The van der Waals surface area contributed by atoms with Crippen molar-refractivity contribution in [3.8, 4) is 0 Å². The quantitative estimate of drug-likeness (QED) is 0.645. The average Bonchev–Trinajstić information content (AvgIpc) is 2.66. The molecule has 0 saturated heterocycles. The predicted octanol–water partition coefficient (Wildman–Crippen LogP) is 4.90. The fourth-order valence-electron chi connectivity index (χ4n) is 3.75. The van der Waals surface area contributed by atoms with Crippen molar-refractivity contribution in [1.82, 2.24) is 10.3 Å². The van der Waals surface area contributed by atoms with Gasteiger partial charge in [-0.15, -0.1) is 0 Å². The van der Waals surface area contributed by atoms with Crippen molar-refractivity contribution in [2.24, 2.45) is 5.92 Å². The van der Waals surface area contributed by atoms with Crippen LogP contribution in [0.3, 0.4) is 0 Å². The highest BCUT2D eigenvalue weighted by molar-refractivity contribution is 7.92. The van der Waals surface area contributed by atoms with Gasteiger partial charge in [0.15, 0.2) is 9.84 Å². The van der Waals surface area contributed by atoms with Gasteiger partial charge in [0.1, 0.15) is 5.69 Å². The van der Waals surface area contributed by atoms with Crippen molar-refractivity contribution in [2.45, 2.75) is 55.0 Å². The molecule has 5 nitrogen and oxygen atoms in total. The van der Waals surface area contributed by atoms with Gasteiger partial charge < -0.3 is 5.32 Å². The molecule has 2 aromatic rings. The van der Waals surface area contributed by atoms with Crippen LogP contribution in [0, 0.1) is 5.92 Å². The number of hydrogen-bond donors (Lipinski definition) is 1. The summed E-state index contributed by atoms with van der Waals surface area (Å²) in [6.07, 6.45) is -1.80. The van der Waals surface area contributed by atoms with Crippen LogP contribution in [-0.2, 0) is 16.0 Å². The monoisotopic (exact) mass is 474 g/mol. The van der Waals surface area contributed by atoms with Crippen LogP contribution in [0.15, 0.2) is 47.5 Å². The van der Waals surface area contributed by atoms with Gasteiger partial charge in [-0.3, -0.25) is 4.79 Å². The second kappa shape index (κ2) is 8.43. The molecule has 1 saturated carbocycles. The summed E-state index contributed by atoms with van der Waals surface area (Å²) >= 11 is 5.75. The summed E-state index contributed by atoms with van der Waals surface area (Å²) in [5.41, 5.74) is -0.757.